The monoisotopic (exact) mass is 521 g/mol. The Balaban J connectivity index is 1.68. The fourth-order valence-electron chi connectivity index (χ4n) is 4.87. The Bertz CT molecular complexity index is 1230. The maximum Gasteiger partial charge on any atom is 0.416 e. The molecule has 0 aliphatic carbocycles. The average Bonchev–Trinajstić information content (AvgIpc) is 2.83. The van der Waals surface area contributed by atoms with Crippen molar-refractivity contribution in [1.82, 2.24) is 4.31 Å². The maximum absolute atomic E-state index is 13.9. The van der Waals surface area contributed by atoms with Crippen molar-refractivity contribution in [3.63, 3.8) is 0 Å². The molecule has 9 heteroatoms. The average molecular weight is 522 g/mol. The smallest absolute Gasteiger partial charge is 0.373 e. The van der Waals surface area contributed by atoms with Gasteiger partial charge in [0.25, 0.3) is 0 Å². The molecule has 1 heterocycles. The second kappa shape index (κ2) is 10.7. The van der Waals surface area contributed by atoms with Crippen LogP contribution in [0.1, 0.15) is 34.6 Å². The van der Waals surface area contributed by atoms with Crippen LogP contribution in [0, 0.1) is 11.7 Å². The molecule has 0 aromatic heterocycles. The van der Waals surface area contributed by atoms with E-state index in [1.165, 1.54) is 4.31 Å². The standard InChI is InChI=1S/C27H27F4NO3S/c1-36(33,34)32-13-12-25(35-18-19-14-22(27(29,30)31)16-23(28)15-19)24(17-32)26(20-8-4-2-5-9-20)21-10-6-3-7-11-21/h2-11,14-16,24-26H,12-13,17-18H2,1H3. The summed E-state index contributed by atoms with van der Waals surface area (Å²) in [6.45, 7) is 0.194. The number of piperidine rings is 1. The molecule has 36 heavy (non-hydrogen) atoms. The summed E-state index contributed by atoms with van der Waals surface area (Å²) in [5.41, 5.74) is 0.948. The van der Waals surface area contributed by atoms with Gasteiger partial charge in [0.1, 0.15) is 5.82 Å². The van der Waals surface area contributed by atoms with Gasteiger partial charge in [0.15, 0.2) is 0 Å². The zero-order valence-electron chi connectivity index (χ0n) is 19.7. The van der Waals surface area contributed by atoms with Crippen LogP contribution < -0.4 is 0 Å². The molecule has 0 saturated carbocycles. The van der Waals surface area contributed by atoms with Crippen molar-refractivity contribution in [2.24, 2.45) is 5.92 Å². The molecule has 1 fully saturated rings. The summed E-state index contributed by atoms with van der Waals surface area (Å²) in [7, 11) is -3.47. The molecular weight excluding hydrogens is 494 g/mol. The van der Waals surface area contributed by atoms with E-state index < -0.39 is 33.7 Å². The summed E-state index contributed by atoms with van der Waals surface area (Å²) in [6, 6.07) is 21.7. The van der Waals surface area contributed by atoms with Gasteiger partial charge < -0.3 is 4.74 Å². The third-order valence-corrected chi connectivity index (χ3v) is 7.79. The van der Waals surface area contributed by atoms with Crippen molar-refractivity contribution < 1.29 is 30.7 Å². The van der Waals surface area contributed by atoms with Gasteiger partial charge >= 0.3 is 6.18 Å². The fraction of sp³-hybridized carbons (Fsp3) is 0.333. The summed E-state index contributed by atoms with van der Waals surface area (Å²) in [5, 5.41) is 0. The van der Waals surface area contributed by atoms with Gasteiger partial charge in [-0.25, -0.2) is 17.1 Å². The first-order chi connectivity index (χ1) is 17.0. The first-order valence-electron chi connectivity index (χ1n) is 11.6. The highest BCUT2D eigenvalue weighted by atomic mass is 32.2. The lowest BCUT2D eigenvalue weighted by Crippen LogP contribution is -2.48. The zero-order chi connectivity index (χ0) is 25.9. The number of ether oxygens (including phenoxy) is 1. The third kappa shape index (κ3) is 6.32. The Labute approximate surface area is 208 Å². The fourth-order valence-corrected chi connectivity index (χ4v) is 5.75. The van der Waals surface area contributed by atoms with Gasteiger partial charge in [0, 0.05) is 24.9 Å². The largest absolute Gasteiger partial charge is 0.416 e. The van der Waals surface area contributed by atoms with Gasteiger partial charge in [-0.05, 0) is 41.3 Å². The van der Waals surface area contributed by atoms with Crippen LogP contribution in [0.3, 0.4) is 0 Å². The molecule has 3 aromatic carbocycles. The number of benzene rings is 3. The molecule has 2 unspecified atom stereocenters. The second-order valence-corrected chi connectivity index (χ2v) is 11.1. The first kappa shape index (κ1) is 26.3. The van der Waals surface area contributed by atoms with Crippen molar-refractivity contribution >= 4 is 10.0 Å². The van der Waals surface area contributed by atoms with Crippen LogP contribution in [-0.4, -0.2) is 38.2 Å². The van der Waals surface area contributed by atoms with Crippen LogP contribution in [-0.2, 0) is 27.5 Å². The normalized spacial score (nSPS) is 19.5. The molecule has 0 spiro atoms. The quantitative estimate of drug-likeness (QED) is 0.367. The maximum atomic E-state index is 13.9. The van der Waals surface area contributed by atoms with E-state index in [0.717, 1.165) is 29.5 Å². The highest BCUT2D eigenvalue weighted by molar-refractivity contribution is 7.88. The van der Waals surface area contributed by atoms with Crippen LogP contribution in [0.5, 0.6) is 0 Å². The Morgan fingerprint density at radius 1 is 0.972 bits per heavy atom. The third-order valence-electron chi connectivity index (χ3n) is 6.52. The molecule has 1 aliphatic heterocycles. The van der Waals surface area contributed by atoms with Crippen molar-refractivity contribution in [2.75, 3.05) is 19.3 Å². The lowest BCUT2D eigenvalue weighted by Gasteiger charge is -2.41. The molecule has 192 valence electrons. The highest BCUT2D eigenvalue weighted by Gasteiger charge is 2.40. The molecule has 1 saturated heterocycles. The van der Waals surface area contributed by atoms with E-state index in [1.807, 2.05) is 60.7 Å². The summed E-state index contributed by atoms with van der Waals surface area (Å²) in [5.74, 6) is -1.53. The van der Waals surface area contributed by atoms with E-state index >= 15 is 0 Å². The van der Waals surface area contributed by atoms with Gasteiger partial charge in [-0.1, -0.05) is 60.7 Å². The van der Waals surface area contributed by atoms with E-state index in [2.05, 4.69) is 0 Å². The Morgan fingerprint density at radius 2 is 1.56 bits per heavy atom. The minimum absolute atomic E-state index is 0.0718. The van der Waals surface area contributed by atoms with E-state index in [-0.39, 0.29) is 37.1 Å². The van der Waals surface area contributed by atoms with Crippen molar-refractivity contribution in [3.8, 4) is 0 Å². The number of alkyl halides is 3. The number of nitrogens with zero attached hydrogens (tertiary/aromatic N) is 1. The second-order valence-electron chi connectivity index (χ2n) is 9.07. The van der Waals surface area contributed by atoms with E-state index in [0.29, 0.717) is 12.5 Å². The number of sulfonamides is 1. The van der Waals surface area contributed by atoms with E-state index in [9.17, 15) is 26.0 Å². The van der Waals surface area contributed by atoms with Gasteiger partial charge in [0.05, 0.1) is 24.5 Å². The Hall–Kier alpha value is -2.75. The van der Waals surface area contributed by atoms with Gasteiger partial charge in [-0.2, -0.15) is 13.2 Å². The summed E-state index contributed by atoms with van der Waals surface area (Å²) < 4.78 is 85.8. The predicted molar refractivity (Wildman–Crippen MR) is 129 cm³/mol. The molecule has 2 atom stereocenters. The minimum Gasteiger partial charge on any atom is -0.373 e. The molecule has 3 aromatic rings. The Kier molecular flexibility index (Phi) is 7.82. The molecular formula is C27H27F4NO3S. The molecule has 0 N–H and O–H groups in total. The molecule has 4 rings (SSSR count). The van der Waals surface area contributed by atoms with Crippen LogP contribution in [0.15, 0.2) is 78.9 Å². The highest BCUT2D eigenvalue weighted by Crippen LogP contribution is 2.39. The van der Waals surface area contributed by atoms with Crippen LogP contribution in [0.25, 0.3) is 0 Å². The summed E-state index contributed by atoms with van der Waals surface area (Å²) in [6.07, 6.45) is -3.62. The lowest BCUT2D eigenvalue weighted by molar-refractivity contribution is -0.137. The summed E-state index contributed by atoms with van der Waals surface area (Å²) in [4.78, 5) is 0. The molecule has 0 radical (unpaired) electrons. The predicted octanol–water partition coefficient (Wildman–Crippen LogP) is 5.84. The molecule has 4 nitrogen and oxygen atoms in total. The zero-order valence-corrected chi connectivity index (χ0v) is 20.5. The number of hydrogen-bond acceptors (Lipinski definition) is 3. The van der Waals surface area contributed by atoms with Crippen LogP contribution in [0.4, 0.5) is 17.6 Å². The first-order valence-corrected chi connectivity index (χ1v) is 13.4. The molecule has 1 aliphatic rings. The molecule has 0 amide bonds. The molecule has 0 bridgehead atoms. The van der Waals surface area contributed by atoms with Gasteiger partial charge in [0.2, 0.25) is 10.0 Å². The van der Waals surface area contributed by atoms with Crippen molar-refractivity contribution in [3.05, 3.63) is 107 Å². The van der Waals surface area contributed by atoms with Gasteiger partial charge in [-0.3, -0.25) is 0 Å². The number of halogens is 4. The van der Waals surface area contributed by atoms with Crippen molar-refractivity contribution in [1.29, 1.82) is 0 Å². The Morgan fingerprint density at radius 3 is 2.08 bits per heavy atom. The van der Waals surface area contributed by atoms with E-state index in [1.54, 1.807) is 0 Å². The van der Waals surface area contributed by atoms with Gasteiger partial charge in [-0.15, -0.1) is 0 Å². The van der Waals surface area contributed by atoms with Crippen LogP contribution in [0.2, 0.25) is 0 Å². The number of hydrogen-bond donors (Lipinski definition) is 0. The minimum atomic E-state index is -4.67. The van der Waals surface area contributed by atoms with E-state index in [4.69, 9.17) is 4.74 Å². The SMILES string of the molecule is CS(=O)(=O)N1CCC(OCc2cc(F)cc(C(F)(F)F)c2)C(C(c2ccccc2)c2ccccc2)C1. The lowest BCUT2D eigenvalue weighted by atomic mass is 9.76. The van der Waals surface area contributed by atoms with Crippen LogP contribution >= 0.6 is 0 Å². The van der Waals surface area contributed by atoms with Crippen molar-refractivity contribution in [2.45, 2.75) is 31.2 Å². The number of rotatable bonds is 7. The topological polar surface area (TPSA) is 46.6 Å². The summed E-state index contributed by atoms with van der Waals surface area (Å²) >= 11 is 0.